The van der Waals surface area contributed by atoms with E-state index >= 15 is 0 Å². The van der Waals surface area contributed by atoms with E-state index in [0.717, 1.165) is 66.1 Å². The summed E-state index contributed by atoms with van der Waals surface area (Å²) in [4.78, 5) is 18.3. The summed E-state index contributed by atoms with van der Waals surface area (Å²) in [7, 11) is 0. The van der Waals surface area contributed by atoms with Crippen molar-refractivity contribution in [1.82, 2.24) is 19.9 Å². The molecule has 0 unspecified atom stereocenters. The van der Waals surface area contributed by atoms with Crippen molar-refractivity contribution >= 4 is 32.7 Å². The fourth-order valence-electron chi connectivity index (χ4n) is 4.95. The van der Waals surface area contributed by atoms with E-state index < -0.39 is 0 Å². The Labute approximate surface area is 208 Å². The molecule has 4 nitrogen and oxygen atoms in total. The summed E-state index contributed by atoms with van der Waals surface area (Å²) in [5, 5.41) is 3.29. The van der Waals surface area contributed by atoms with Crippen LogP contribution in [-0.2, 0) is 0 Å². The molecule has 7 rings (SSSR count). The molecule has 0 saturated heterocycles. The lowest BCUT2D eigenvalue weighted by Crippen LogP contribution is -1.91. The number of hydrogen-bond donors (Lipinski definition) is 0. The zero-order chi connectivity index (χ0) is 23.9. The standard InChI is InChI=1S/C32H20N4/c1-4-22-5-2-14-34-30(22)28(7-1)29-19-24(10-11-27(29)21-12-16-33-17-13-21)26-18-25-9-8-23-6-3-15-35-31(23)32(25)36-20-26/h1-20H. The molecule has 0 aliphatic rings. The van der Waals surface area contributed by atoms with Gasteiger partial charge in [-0.1, -0.05) is 54.6 Å². The van der Waals surface area contributed by atoms with Gasteiger partial charge in [-0.2, -0.15) is 0 Å². The van der Waals surface area contributed by atoms with E-state index in [1.807, 2.05) is 55.2 Å². The minimum absolute atomic E-state index is 0.920. The first-order chi connectivity index (χ1) is 17.8. The zero-order valence-corrected chi connectivity index (χ0v) is 19.3. The first kappa shape index (κ1) is 20.4. The van der Waals surface area contributed by atoms with Crippen LogP contribution < -0.4 is 0 Å². The molecule has 0 fully saturated rings. The maximum absolute atomic E-state index is 4.84. The summed E-state index contributed by atoms with van der Waals surface area (Å²) in [6.45, 7) is 0. The summed E-state index contributed by atoms with van der Waals surface area (Å²) >= 11 is 0. The lowest BCUT2D eigenvalue weighted by atomic mass is 9.90. The van der Waals surface area contributed by atoms with Crippen LogP contribution in [0.25, 0.3) is 66.1 Å². The molecule has 36 heavy (non-hydrogen) atoms. The Morgan fingerprint density at radius 2 is 1.11 bits per heavy atom. The van der Waals surface area contributed by atoms with Crippen LogP contribution in [0.2, 0.25) is 0 Å². The van der Waals surface area contributed by atoms with Gasteiger partial charge in [0.1, 0.15) is 0 Å². The average Bonchev–Trinajstić information content (AvgIpc) is 2.96. The third-order valence-electron chi connectivity index (χ3n) is 6.69. The summed E-state index contributed by atoms with van der Waals surface area (Å²) < 4.78 is 0. The smallest absolute Gasteiger partial charge is 0.0964 e. The van der Waals surface area contributed by atoms with Crippen molar-refractivity contribution in [2.45, 2.75) is 0 Å². The molecule has 4 aromatic heterocycles. The van der Waals surface area contributed by atoms with E-state index in [1.54, 1.807) is 0 Å². The van der Waals surface area contributed by atoms with Crippen molar-refractivity contribution in [2.75, 3.05) is 0 Å². The fourth-order valence-corrected chi connectivity index (χ4v) is 4.95. The van der Waals surface area contributed by atoms with Crippen molar-refractivity contribution < 1.29 is 0 Å². The first-order valence-electron chi connectivity index (χ1n) is 11.9. The maximum Gasteiger partial charge on any atom is 0.0964 e. The van der Waals surface area contributed by atoms with Crippen LogP contribution in [0.15, 0.2) is 122 Å². The number of hydrogen-bond acceptors (Lipinski definition) is 4. The molecule has 3 aromatic carbocycles. The van der Waals surface area contributed by atoms with Gasteiger partial charge in [0, 0.05) is 58.3 Å². The first-order valence-corrected chi connectivity index (χ1v) is 11.9. The van der Waals surface area contributed by atoms with Crippen LogP contribution in [0.4, 0.5) is 0 Å². The number of aromatic nitrogens is 4. The Balaban J connectivity index is 1.45. The molecule has 4 heterocycles. The van der Waals surface area contributed by atoms with Crippen molar-refractivity contribution in [1.29, 1.82) is 0 Å². The highest BCUT2D eigenvalue weighted by atomic mass is 14.7. The Morgan fingerprint density at radius 3 is 1.97 bits per heavy atom. The van der Waals surface area contributed by atoms with Crippen LogP contribution in [0, 0.1) is 0 Å². The SMILES string of the molecule is c1cnc2c(-c3cc(-c4cnc5c(ccc6cccnc65)c4)ccc3-c3ccncc3)cccc2c1. The highest BCUT2D eigenvalue weighted by molar-refractivity contribution is 6.04. The van der Waals surface area contributed by atoms with E-state index in [4.69, 9.17) is 9.97 Å². The van der Waals surface area contributed by atoms with Crippen molar-refractivity contribution in [3.05, 3.63) is 122 Å². The van der Waals surface area contributed by atoms with Gasteiger partial charge in [-0.25, -0.2) is 0 Å². The van der Waals surface area contributed by atoms with Gasteiger partial charge in [-0.05, 0) is 58.7 Å². The highest BCUT2D eigenvalue weighted by Crippen LogP contribution is 2.38. The normalized spacial score (nSPS) is 11.3. The molecule has 0 aliphatic heterocycles. The summed E-state index contributed by atoms with van der Waals surface area (Å²) in [6, 6.07) is 31.6. The molecule has 168 valence electrons. The van der Waals surface area contributed by atoms with Gasteiger partial charge >= 0.3 is 0 Å². The Bertz CT molecular complexity index is 1890. The molecular weight excluding hydrogens is 440 g/mol. The number of nitrogens with zero attached hydrogens (tertiary/aromatic N) is 4. The second-order valence-corrected chi connectivity index (χ2v) is 8.81. The van der Waals surface area contributed by atoms with E-state index in [1.165, 1.54) is 0 Å². The monoisotopic (exact) mass is 460 g/mol. The van der Waals surface area contributed by atoms with E-state index in [-0.39, 0.29) is 0 Å². The summed E-state index contributed by atoms with van der Waals surface area (Å²) in [5.74, 6) is 0. The van der Waals surface area contributed by atoms with Gasteiger partial charge in [0.2, 0.25) is 0 Å². The van der Waals surface area contributed by atoms with Gasteiger partial charge in [-0.15, -0.1) is 0 Å². The van der Waals surface area contributed by atoms with Gasteiger partial charge in [-0.3, -0.25) is 19.9 Å². The minimum atomic E-state index is 0.920. The number of pyridine rings is 4. The minimum Gasteiger partial charge on any atom is -0.265 e. The Morgan fingerprint density at radius 1 is 0.389 bits per heavy atom. The van der Waals surface area contributed by atoms with E-state index in [2.05, 4.69) is 76.7 Å². The highest BCUT2D eigenvalue weighted by Gasteiger charge is 2.14. The number of benzene rings is 3. The van der Waals surface area contributed by atoms with Crippen molar-refractivity contribution in [3.8, 4) is 33.4 Å². The predicted molar refractivity (Wildman–Crippen MR) is 146 cm³/mol. The molecule has 0 aliphatic carbocycles. The lowest BCUT2D eigenvalue weighted by Gasteiger charge is -2.15. The van der Waals surface area contributed by atoms with Gasteiger partial charge in [0.05, 0.1) is 16.6 Å². The zero-order valence-electron chi connectivity index (χ0n) is 19.3. The average molecular weight is 461 g/mol. The van der Waals surface area contributed by atoms with Crippen molar-refractivity contribution in [2.24, 2.45) is 0 Å². The third-order valence-corrected chi connectivity index (χ3v) is 6.69. The molecule has 0 radical (unpaired) electrons. The molecular formula is C32H20N4. The van der Waals surface area contributed by atoms with Crippen LogP contribution in [0.5, 0.6) is 0 Å². The predicted octanol–water partition coefficient (Wildman–Crippen LogP) is 7.73. The molecule has 4 heteroatoms. The molecule has 0 atom stereocenters. The maximum atomic E-state index is 4.84. The number of fused-ring (bicyclic) bond motifs is 4. The molecule has 0 amide bonds. The molecule has 0 N–H and O–H groups in total. The number of para-hydroxylation sites is 1. The molecule has 0 spiro atoms. The number of rotatable bonds is 3. The van der Waals surface area contributed by atoms with Gasteiger partial charge < -0.3 is 0 Å². The molecule has 0 bridgehead atoms. The third kappa shape index (κ3) is 3.39. The van der Waals surface area contributed by atoms with Crippen LogP contribution in [-0.4, -0.2) is 19.9 Å². The Kier molecular flexibility index (Phi) is 4.74. The lowest BCUT2D eigenvalue weighted by molar-refractivity contribution is 1.33. The topological polar surface area (TPSA) is 51.6 Å². The second-order valence-electron chi connectivity index (χ2n) is 8.81. The van der Waals surface area contributed by atoms with E-state index in [9.17, 15) is 0 Å². The van der Waals surface area contributed by atoms with Crippen LogP contribution in [0.3, 0.4) is 0 Å². The van der Waals surface area contributed by atoms with Crippen LogP contribution in [0.1, 0.15) is 0 Å². The second kappa shape index (κ2) is 8.36. The van der Waals surface area contributed by atoms with Gasteiger partial charge in [0.25, 0.3) is 0 Å². The summed E-state index contributed by atoms with van der Waals surface area (Å²) in [6.07, 6.45) is 9.29. The quantitative estimate of drug-likeness (QED) is 0.253. The molecule has 7 aromatic rings. The van der Waals surface area contributed by atoms with Gasteiger partial charge in [0.15, 0.2) is 0 Å². The van der Waals surface area contributed by atoms with E-state index in [0.29, 0.717) is 0 Å². The van der Waals surface area contributed by atoms with Crippen molar-refractivity contribution in [3.63, 3.8) is 0 Å². The van der Waals surface area contributed by atoms with Crippen LogP contribution >= 0.6 is 0 Å². The largest absolute Gasteiger partial charge is 0.265 e. The summed E-state index contributed by atoms with van der Waals surface area (Å²) in [5.41, 5.74) is 9.49. The Hall–Kier alpha value is -4.96. The molecule has 0 saturated carbocycles. The fraction of sp³-hybridized carbons (Fsp3) is 0.